The van der Waals surface area contributed by atoms with Gasteiger partial charge in [-0.05, 0) is 31.4 Å². The summed E-state index contributed by atoms with van der Waals surface area (Å²) in [7, 11) is 0. The molecule has 1 atom stereocenters. The predicted molar refractivity (Wildman–Crippen MR) is 82.1 cm³/mol. The maximum atomic E-state index is 12.9. The van der Waals surface area contributed by atoms with Gasteiger partial charge >= 0.3 is 0 Å². The molecule has 0 aliphatic carbocycles. The number of hydrogen-bond acceptors (Lipinski definition) is 2. The largest absolute Gasteiger partial charge is 0.459 e. The molecule has 0 saturated carbocycles. The van der Waals surface area contributed by atoms with E-state index in [2.05, 4.69) is 12.1 Å². The van der Waals surface area contributed by atoms with E-state index in [4.69, 9.17) is 4.42 Å². The Morgan fingerprint density at radius 1 is 1.14 bits per heavy atom. The average Bonchev–Trinajstić information content (AvgIpc) is 2.80. The number of carbonyl (C=O) groups excluding carboxylic acids is 1. The highest BCUT2D eigenvalue weighted by atomic mass is 16.3. The molecule has 1 amide bonds. The van der Waals surface area contributed by atoms with Gasteiger partial charge in [-0.15, -0.1) is 0 Å². The third-order valence-corrected chi connectivity index (χ3v) is 4.25. The Balaban J connectivity index is 1.92. The van der Waals surface area contributed by atoms with Crippen LogP contribution in [0.1, 0.15) is 53.4 Å². The Morgan fingerprint density at radius 2 is 1.95 bits per heavy atom. The molecular weight excluding hydrogens is 262 g/mol. The molecule has 21 heavy (non-hydrogen) atoms. The molecule has 0 radical (unpaired) electrons. The highest BCUT2D eigenvalue weighted by Gasteiger charge is 2.29. The minimum Gasteiger partial charge on any atom is -0.459 e. The zero-order valence-electron chi connectivity index (χ0n) is 12.4. The van der Waals surface area contributed by atoms with E-state index in [0.29, 0.717) is 5.76 Å². The molecule has 110 valence electrons. The molecule has 3 heteroatoms. The van der Waals surface area contributed by atoms with Crippen molar-refractivity contribution in [1.29, 1.82) is 0 Å². The van der Waals surface area contributed by atoms with Crippen LogP contribution in [-0.4, -0.2) is 17.4 Å². The van der Waals surface area contributed by atoms with E-state index in [1.165, 1.54) is 18.4 Å². The average molecular weight is 283 g/mol. The van der Waals surface area contributed by atoms with Crippen molar-refractivity contribution in [3.8, 4) is 0 Å². The van der Waals surface area contributed by atoms with Crippen LogP contribution in [0.15, 0.2) is 47.1 Å². The van der Waals surface area contributed by atoms with E-state index < -0.39 is 0 Å². The number of hydrogen-bond donors (Lipinski definition) is 0. The van der Waals surface area contributed by atoms with Gasteiger partial charge in [0.05, 0.1) is 12.3 Å². The van der Waals surface area contributed by atoms with Gasteiger partial charge in [0.25, 0.3) is 5.91 Å². The van der Waals surface area contributed by atoms with Gasteiger partial charge in [0, 0.05) is 12.1 Å². The molecule has 1 aliphatic heterocycles. The fourth-order valence-corrected chi connectivity index (χ4v) is 3.10. The molecule has 1 aliphatic rings. The fourth-order valence-electron chi connectivity index (χ4n) is 3.10. The Morgan fingerprint density at radius 3 is 2.67 bits per heavy atom. The molecule has 3 nitrogen and oxygen atoms in total. The van der Waals surface area contributed by atoms with Crippen molar-refractivity contribution in [2.75, 3.05) is 6.54 Å². The van der Waals surface area contributed by atoms with E-state index in [1.54, 1.807) is 6.26 Å². The van der Waals surface area contributed by atoms with Crippen LogP contribution < -0.4 is 0 Å². The Bertz CT molecular complexity index is 603. The van der Waals surface area contributed by atoms with E-state index in [-0.39, 0.29) is 11.9 Å². The summed E-state index contributed by atoms with van der Waals surface area (Å²) in [6.45, 7) is 2.73. The second-order valence-electron chi connectivity index (χ2n) is 5.71. The Labute approximate surface area is 125 Å². The maximum absolute atomic E-state index is 12.9. The number of nitrogens with zero attached hydrogens (tertiary/aromatic N) is 1. The molecule has 1 saturated heterocycles. The van der Waals surface area contributed by atoms with Crippen LogP contribution in [-0.2, 0) is 0 Å². The van der Waals surface area contributed by atoms with E-state index >= 15 is 0 Å². The van der Waals surface area contributed by atoms with Crippen molar-refractivity contribution in [2.24, 2.45) is 0 Å². The third-order valence-electron chi connectivity index (χ3n) is 4.25. The summed E-state index contributed by atoms with van der Waals surface area (Å²) in [5.74, 6) is 0.506. The number of benzene rings is 1. The zero-order chi connectivity index (χ0) is 14.7. The zero-order valence-corrected chi connectivity index (χ0v) is 12.4. The Hall–Kier alpha value is -2.03. The summed E-state index contributed by atoms with van der Waals surface area (Å²) < 4.78 is 5.41. The van der Waals surface area contributed by atoms with Crippen molar-refractivity contribution in [3.63, 3.8) is 0 Å². The van der Waals surface area contributed by atoms with Gasteiger partial charge in [0.15, 0.2) is 5.76 Å². The SMILES string of the molecule is Cc1ccoc1C(=O)N1CCCCCC1c1ccccc1. The van der Waals surface area contributed by atoms with E-state index in [9.17, 15) is 4.79 Å². The third kappa shape index (κ3) is 2.87. The molecule has 1 aromatic heterocycles. The lowest BCUT2D eigenvalue weighted by atomic mass is 10.0. The summed E-state index contributed by atoms with van der Waals surface area (Å²) >= 11 is 0. The van der Waals surface area contributed by atoms with Gasteiger partial charge in [-0.1, -0.05) is 43.2 Å². The lowest BCUT2D eigenvalue weighted by Gasteiger charge is -2.30. The normalized spacial score (nSPS) is 19.3. The molecule has 0 spiro atoms. The summed E-state index contributed by atoms with van der Waals surface area (Å²) in [5, 5.41) is 0. The van der Waals surface area contributed by atoms with Gasteiger partial charge in [-0.25, -0.2) is 0 Å². The van der Waals surface area contributed by atoms with Gasteiger partial charge < -0.3 is 9.32 Å². The molecule has 0 N–H and O–H groups in total. The molecule has 3 rings (SSSR count). The molecule has 1 fully saturated rings. The first-order chi connectivity index (χ1) is 10.3. The van der Waals surface area contributed by atoms with Crippen molar-refractivity contribution < 1.29 is 9.21 Å². The van der Waals surface area contributed by atoms with Crippen LogP contribution in [0.2, 0.25) is 0 Å². The van der Waals surface area contributed by atoms with Crippen LogP contribution in [0.25, 0.3) is 0 Å². The minimum atomic E-state index is 0.0215. The topological polar surface area (TPSA) is 33.5 Å². The lowest BCUT2D eigenvalue weighted by molar-refractivity contribution is 0.0647. The summed E-state index contributed by atoms with van der Waals surface area (Å²) in [6.07, 6.45) is 6.03. The number of rotatable bonds is 2. The van der Waals surface area contributed by atoms with Crippen molar-refractivity contribution in [3.05, 3.63) is 59.5 Å². The van der Waals surface area contributed by atoms with E-state index in [0.717, 1.165) is 24.9 Å². The minimum absolute atomic E-state index is 0.0215. The van der Waals surface area contributed by atoms with Gasteiger partial charge in [-0.2, -0.15) is 0 Å². The number of likely N-dealkylation sites (tertiary alicyclic amines) is 1. The number of amides is 1. The first-order valence-electron chi connectivity index (χ1n) is 7.67. The molecule has 0 bridgehead atoms. The highest BCUT2D eigenvalue weighted by Crippen LogP contribution is 2.31. The number of aryl methyl sites for hydroxylation is 1. The monoisotopic (exact) mass is 283 g/mol. The summed E-state index contributed by atoms with van der Waals surface area (Å²) in [5.41, 5.74) is 2.13. The lowest BCUT2D eigenvalue weighted by Crippen LogP contribution is -2.34. The second kappa shape index (κ2) is 6.17. The first-order valence-corrected chi connectivity index (χ1v) is 7.67. The van der Waals surface area contributed by atoms with Crippen molar-refractivity contribution >= 4 is 5.91 Å². The summed E-state index contributed by atoms with van der Waals surface area (Å²) in [6, 6.07) is 12.3. The standard InChI is InChI=1S/C18H21NO2/c1-14-11-13-21-17(14)18(20)19-12-7-3-6-10-16(19)15-8-4-2-5-9-15/h2,4-5,8-9,11,13,16H,3,6-7,10,12H2,1H3. The summed E-state index contributed by atoms with van der Waals surface area (Å²) in [4.78, 5) is 14.8. The Kier molecular flexibility index (Phi) is 4.09. The highest BCUT2D eigenvalue weighted by molar-refractivity contribution is 5.93. The molecule has 1 unspecified atom stereocenters. The second-order valence-corrected chi connectivity index (χ2v) is 5.71. The fraction of sp³-hybridized carbons (Fsp3) is 0.389. The van der Waals surface area contributed by atoms with Crippen molar-refractivity contribution in [1.82, 2.24) is 4.90 Å². The maximum Gasteiger partial charge on any atom is 0.290 e. The predicted octanol–water partition coefficient (Wildman–Crippen LogP) is 4.35. The number of furan rings is 1. The van der Waals surface area contributed by atoms with Crippen molar-refractivity contribution in [2.45, 2.75) is 38.6 Å². The number of carbonyl (C=O) groups is 1. The molecule has 2 heterocycles. The van der Waals surface area contributed by atoms with Gasteiger partial charge in [0.2, 0.25) is 0 Å². The van der Waals surface area contributed by atoms with Gasteiger partial charge in [-0.3, -0.25) is 4.79 Å². The van der Waals surface area contributed by atoms with E-state index in [1.807, 2.05) is 36.1 Å². The molecule has 1 aromatic carbocycles. The quantitative estimate of drug-likeness (QED) is 0.821. The van der Waals surface area contributed by atoms with Crippen LogP contribution in [0.4, 0.5) is 0 Å². The van der Waals surface area contributed by atoms with Crippen LogP contribution >= 0.6 is 0 Å². The first kappa shape index (κ1) is 13.9. The van der Waals surface area contributed by atoms with Crippen LogP contribution in [0.5, 0.6) is 0 Å². The molecule has 2 aromatic rings. The van der Waals surface area contributed by atoms with Crippen LogP contribution in [0, 0.1) is 6.92 Å². The molecular formula is C18H21NO2. The van der Waals surface area contributed by atoms with Gasteiger partial charge in [0.1, 0.15) is 0 Å². The van der Waals surface area contributed by atoms with Crippen LogP contribution in [0.3, 0.4) is 0 Å². The smallest absolute Gasteiger partial charge is 0.290 e.